The number of hydrogen-bond donors (Lipinski definition) is 1. The van der Waals surface area contributed by atoms with Gasteiger partial charge in [0.05, 0.1) is 12.7 Å². The monoisotopic (exact) mass is 301 g/mol. The number of thioether (sulfide) groups is 1. The summed E-state index contributed by atoms with van der Waals surface area (Å²) >= 11 is 1.86. The van der Waals surface area contributed by atoms with Gasteiger partial charge in [0.2, 0.25) is 0 Å². The molecule has 0 amide bonds. The molecule has 0 aromatic rings. The van der Waals surface area contributed by atoms with Gasteiger partial charge in [-0.05, 0) is 32.1 Å². The average molecular weight is 302 g/mol. The number of ether oxygens (including phenoxy) is 1. The Kier molecular flexibility index (Phi) is 7.66. The molecule has 0 spiro atoms. The van der Waals surface area contributed by atoms with E-state index in [0.717, 1.165) is 19.0 Å². The molecule has 2 fully saturated rings. The van der Waals surface area contributed by atoms with Crippen LogP contribution < -0.4 is 5.32 Å². The SMILES string of the molecule is CCCN1CCN(CCO[C@H]2C[C@H](NCSC)C2)CC1. The van der Waals surface area contributed by atoms with Gasteiger partial charge in [0.1, 0.15) is 0 Å². The lowest BCUT2D eigenvalue weighted by atomic mass is 9.89. The molecule has 118 valence electrons. The lowest BCUT2D eigenvalue weighted by molar-refractivity contribution is -0.0267. The van der Waals surface area contributed by atoms with Crippen LogP contribution in [0.5, 0.6) is 0 Å². The van der Waals surface area contributed by atoms with E-state index < -0.39 is 0 Å². The van der Waals surface area contributed by atoms with Crippen LogP contribution in [-0.2, 0) is 4.74 Å². The second-order valence-electron chi connectivity index (χ2n) is 5.98. The predicted octanol–water partition coefficient (Wildman–Crippen LogP) is 1.47. The highest BCUT2D eigenvalue weighted by atomic mass is 32.2. The van der Waals surface area contributed by atoms with Gasteiger partial charge in [-0.3, -0.25) is 4.90 Å². The molecule has 2 rings (SSSR count). The van der Waals surface area contributed by atoms with Crippen molar-refractivity contribution in [2.24, 2.45) is 0 Å². The summed E-state index contributed by atoms with van der Waals surface area (Å²) in [7, 11) is 0. The molecule has 0 aromatic carbocycles. The minimum Gasteiger partial charge on any atom is -0.377 e. The van der Waals surface area contributed by atoms with Crippen LogP contribution in [0.4, 0.5) is 0 Å². The molecule has 5 heteroatoms. The summed E-state index contributed by atoms with van der Waals surface area (Å²) in [6, 6.07) is 0.699. The van der Waals surface area contributed by atoms with Gasteiger partial charge in [0.15, 0.2) is 0 Å². The zero-order chi connectivity index (χ0) is 14.2. The molecule has 1 N–H and O–H groups in total. The summed E-state index contributed by atoms with van der Waals surface area (Å²) in [5, 5.41) is 3.52. The van der Waals surface area contributed by atoms with Crippen molar-refractivity contribution in [1.82, 2.24) is 15.1 Å². The van der Waals surface area contributed by atoms with Gasteiger partial charge in [-0.2, -0.15) is 0 Å². The first-order valence-corrected chi connectivity index (χ1v) is 9.49. The van der Waals surface area contributed by atoms with Crippen molar-refractivity contribution < 1.29 is 4.74 Å². The topological polar surface area (TPSA) is 27.7 Å². The van der Waals surface area contributed by atoms with Crippen molar-refractivity contribution in [3.8, 4) is 0 Å². The molecule has 4 nitrogen and oxygen atoms in total. The second-order valence-corrected chi connectivity index (χ2v) is 6.85. The number of piperazine rings is 1. The van der Waals surface area contributed by atoms with Crippen LogP contribution in [-0.4, -0.2) is 80.0 Å². The van der Waals surface area contributed by atoms with Crippen LogP contribution in [0, 0.1) is 0 Å². The maximum atomic E-state index is 5.96. The Morgan fingerprint density at radius 3 is 2.35 bits per heavy atom. The molecular weight excluding hydrogens is 270 g/mol. The van der Waals surface area contributed by atoms with Crippen molar-refractivity contribution in [2.75, 3.05) is 58.0 Å². The van der Waals surface area contributed by atoms with E-state index in [-0.39, 0.29) is 0 Å². The molecule has 0 radical (unpaired) electrons. The van der Waals surface area contributed by atoms with Crippen LogP contribution in [0.2, 0.25) is 0 Å². The Hall–Kier alpha value is 0.190. The van der Waals surface area contributed by atoms with E-state index in [9.17, 15) is 0 Å². The van der Waals surface area contributed by atoms with E-state index in [1.165, 1.54) is 52.0 Å². The van der Waals surface area contributed by atoms with E-state index >= 15 is 0 Å². The normalized spacial score (nSPS) is 28.5. The lowest BCUT2D eigenvalue weighted by Crippen LogP contribution is -2.48. The van der Waals surface area contributed by atoms with Crippen LogP contribution in [0.1, 0.15) is 26.2 Å². The highest BCUT2D eigenvalue weighted by Crippen LogP contribution is 2.23. The van der Waals surface area contributed by atoms with Crippen molar-refractivity contribution in [3.63, 3.8) is 0 Å². The molecule has 20 heavy (non-hydrogen) atoms. The standard InChI is InChI=1S/C15H31N3OS/c1-3-4-17-5-7-18(8-6-17)9-10-19-15-11-14(12-15)16-13-20-2/h14-16H,3-13H2,1-2H3/t14-,15-. The molecule has 0 aromatic heterocycles. The third-order valence-corrected chi connectivity index (χ3v) is 4.83. The number of hydrogen-bond acceptors (Lipinski definition) is 5. The molecular formula is C15H31N3OS. The van der Waals surface area contributed by atoms with E-state index in [0.29, 0.717) is 12.1 Å². The van der Waals surface area contributed by atoms with E-state index in [1.54, 1.807) is 0 Å². The summed E-state index contributed by atoms with van der Waals surface area (Å²) in [5.41, 5.74) is 0. The molecule has 0 bridgehead atoms. The highest BCUT2D eigenvalue weighted by molar-refractivity contribution is 7.98. The summed E-state index contributed by atoms with van der Waals surface area (Å²) in [5.74, 6) is 1.07. The zero-order valence-electron chi connectivity index (χ0n) is 13.1. The summed E-state index contributed by atoms with van der Waals surface area (Å²) < 4.78 is 5.96. The van der Waals surface area contributed by atoms with Crippen LogP contribution in [0.3, 0.4) is 0 Å². The third-order valence-electron chi connectivity index (χ3n) is 4.38. The Morgan fingerprint density at radius 1 is 1.10 bits per heavy atom. The molecule has 0 atom stereocenters. The number of nitrogens with one attached hydrogen (secondary N) is 1. The lowest BCUT2D eigenvalue weighted by Gasteiger charge is -2.37. The maximum absolute atomic E-state index is 5.96. The first kappa shape index (κ1) is 16.6. The first-order chi connectivity index (χ1) is 9.81. The summed E-state index contributed by atoms with van der Waals surface area (Å²) in [6.07, 6.45) is 6.32. The summed E-state index contributed by atoms with van der Waals surface area (Å²) in [6.45, 7) is 10.4. The van der Waals surface area contributed by atoms with Gasteiger partial charge in [0.25, 0.3) is 0 Å². The Bertz CT molecular complexity index is 254. The molecule has 1 saturated heterocycles. The van der Waals surface area contributed by atoms with Gasteiger partial charge in [-0.1, -0.05) is 6.92 Å². The fraction of sp³-hybridized carbons (Fsp3) is 1.00. The molecule has 1 aliphatic heterocycles. The summed E-state index contributed by atoms with van der Waals surface area (Å²) in [4.78, 5) is 5.12. The Morgan fingerprint density at radius 2 is 1.75 bits per heavy atom. The number of rotatable bonds is 9. The van der Waals surface area contributed by atoms with Crippen LogP contribution in [0.25, 0.3) is 0 Å². The molecule has 1 aliphatic carbocycles. The van der Waals surface area contributed by atoms with Crippen LogP contribution >= 0.6 is 11.8 Å². The van der Waals surface area contributed by atoms with Gasteiger partial charge in [0, 0.05) is 44.6 Å². The second kappa shape index (κ2) is 9.26. The highest BCUT2D eigenvalue weighted by Gasteiger charge is 2.29. The van der Waals surface area contributed by atoms with E-state index in [2.05, 4.69) is 28.3 Å². The Balaban J connectivity index is 1.45. The molecule has 1 heterocycles. The van der Waals surface area contributed by atoms with E-state index in [4.69, 9.17) is 4.74 Å². The minimum atomic E-state index is 0.510. The van der Waals surface area contributed by atoms with Gasteiger partial charge in [-0.25, -0.2) is 0 Å². The van der Waals surface area contributed by atoms with Crippen molar-refractivity contribution in [1.29, 1.82) is 0 Å². The van der Waals surface area contributed by atoms with Gasteiger partial charge < -0.3 is 15.0 Å². The maximum Gasteiger partial charge on any atom is 0.0605 e. The van der Waals surface area contributed by atoms with Crippen molar-refractivity contribution in [2.45, 2.75) is 38.3 Å². The number of nitrogens with zero attached hydrogens (tertiary/aromatic N) is 2. The van der Waals surface area contributed by atoms with E-state index in [1.807, 2.05) is 11.8 Å². The quantitative estimate of drug-likeness (QED) is 0.651. The zero-order valence-corrected chi connectivity index (χ0v) is 14.0. The molecule has 0 unspecified atom stereocenters. The minimum absolute atomic E-state index is 0.510. The van der Waals surface area contributed by atoms with Gasteiger partial charge in [-0.15, -0.1) is 11.8 Å². The fourth-order valence-corrected chi connectivity index (χ4v) is 3.37. The van der Waals surface area contributed by atoms with Crippen LogP contribution in [0.15, 0.2) is 0 Å². The molecule has 2 aliphatic rings. The molecule has 1 saturated carbocycles. The third kappa shape index (κ3) is 5.53. The van der Waals surface area contributed by atoms with Gasteiger partial charge >= 0.3 is 0 Å². The first-order valence-electron chi connectivity index (χ1n) is 8.10. The smallest absolute Gasteiger partial charge is 0.0605 e. The fourth-order valence-electron chi connectivity index (χ4n) is 2.97. The predicted molar refractivity (Wildman–Crippen MR) is 87.5 cm³/mol. The van der Waals surface area contributed by atoms with Crippen molar-refractivity contribution in [3.05, 3.63) is 0 Å². The Labute approximate surface area is 128 Å². The van der Waals surface area contributed by atoms with Crippen molar-refractivity contribution >= 4 is 11.8 Å². The average Bonchev–Trinajstić information content (AvgIpc) is 2.42. The largest absolute Gasteiger partial charge is 0.377 e.